The fourth-order valence-corrected chi connectivity index (χ4v) is 2.09. The zero-order valence-corrected chi connectivity index (χ0v) is 8.69. The second-order valence-electron chi connectivity index (χ2n) is 4.40. The van der Waals surface area contributed by atoms with Gasteiger partial charge in [-0.25, -0.2) is 0 Å². The maximum Gasteiger partial charge on any atom is 0.193 e. The molecule has 1 atom stereocenters. The standard InChI is InChI=1S/C10H14ClNO/c1-10(2)4-3-7-6(9(10)12)5-8(11)13-7/h5,9H,3-4,12H2,1-2H3. The van der Waals surface area contributed by atoms with Gasteiger partial charge < -0.3 is 10.2 Å². The monoisotopic (exact) mass is 199 g/mol. The first-order valence-corrected chi connectivity index (χ1v) is 4.92. The van der Waals surface area contributed by atoms with Crippen LogP contribution in [0.15, 0.2) is 10.5 Å². The number of nitrogens with two attached hydrogens (primary N) is 1. The van der Waals surface area contributed by atoms with Crippen LogP contribution in [0.1, 0.15) is 37.6 Å². The average Bonchev–Trinajstić information content (AvgIpc) is 2.40. The summed E-state index contributed by atoms with van der Waals surface area (Å²) < 4.78 is 5.36. The first-order valence-electron chi connectivity index (χ1n) is 4.54. The quantitative estimate of drug-likeness (QED) is 0.698. The van der Waals surface area contributed by atoms with Crippen molar-refractivity contribution < 1.29 is 4.42 Å². The van der Waals surface area contributed by atoms with Gasteiger partial charge in [-0.05, 0) is 23.4 Å². The van der Waals surface area contributed by atoms with Crippen molar-refractivity contribution in [2.24, 2.45) is 11.1 Å². The van der Waals surface area contributed by atoms with E-state index in [0.29, 0.717) is 5.22 Å². The Hall–Kier alpha value is -0.470. The molecule has 1 aromatic heterocycles. The van der Waals surface area contributed by atoms with E-state index >= 15 is 0 Å². The third-order valence-corrected chi connectivity index (χ3v) is 3.17. The molecule has 2 rings (SSSR count). The summed E-state index contributed by atoms with van der Waals surface area (Å²) in [6.07, 6.45) is 2.01. The lowest BCUT2D eigenvalue weighted by Gasteiger charge is -2.35. The summed E-state index contributed by atoms with van der Waals surface area (Å²) in [5, 5.41) is 0.457. The second kappa shape index (κ2) is 2.76. The van der Waals surface area contributed by atoms with Gasteiger partial charge in [0.05, 0.1) is 0 Å². The summed E-state index contributed by atoms with van der Waals surface area (Å²) in [4.78, 5) is 0. The lowest BCUT2D eigenvalue weighted by molar-refractivity contribution is 0.236. The Labute approximate surface area is 83.1 Å². The Bertz CT molecular complexity index is 330. The lowest BCUT2D eigenvalue weighted by Crippen LogP contribution is -2.33. The molecular formula is C10H14ClNO. The van der Waals surface area contributed by atoms with Gasteiger partial charge in [-0.3, -0.25) is 0 Å². The summed E-state index contributed by atoms with van der Waals surface area (Å²) in [5.74, 6) is 0.969. The van der Waals surface area contributed by atoms with Crippen LogP contribution in [0.5, 0.6) is 0 Å². The van der Waals surface area contributed by atoms with Crippen LogP contribution in [0.25, 0.3) is 0 Å². The van der Waals surface area contributed by atoms with Gasteiger partial charge >= 0.3 is 0 Å². The molecule has 1 heterocycles. The number of rotatable bonds is 0. The summed E-state index contributed by atoms with van der Waals surface area (Å²) >= 11 is 5.79. The molecule has 3 heteroatoms. The summed E-state index contributed by atoms with van der Waals surface area (Å²) in [5.41, 5.74) is 7.36. The number of furan rings is 1. The first kappa shape index (κ1) is 9.10. The molecule has 0 radical (unpaired) electrons. The molecule has 0 spiro atoms. The van der Waals surface area contributed by atoms with Gasteiger partial charge in [-0.2, -0.15) is 0 Å². The van der Waals surface area contributed by atoms with E-state index < -0.39 is 0 Å². The minimum absolute atomic E-state index is 0.0486. The van der Waals surface area contributed by atoms with Crippen molar-refractivity contribution in [1.82, 2.24) is 0 Å². The van der Waals surface area contributed by atoms with Gasteiger partial charge in [0.15, 0.2) is 5.22 Å². The van der Waals surface area contributed by atoms with Crippen LogP contribution in [-0.4, -0.2) is 0 Å². The van der Waals surface area contributed by atoms with E-state index in [1.807, 2.05) is 6.07 Å². The Balaban J connectivity index is 2.44. The summed E-state index contributed by atoms with van der Waals surface area (Å²) in [7, 11) is 0. The van der Waals surface area contributed by atoms with Gasteiger partial charge in [-0.15, -0.1) is 0 Å². The predicted molar refractivity (Wildman–Crippen MR) is 52.7 cm³/mol. The van der Waals surface area contributed by atoms with E-state index in [2.05, 4.69) is 13.8 Å². The molecule has 0 bridgehead atoms. The minimum atomic E-state index is 0.0486. The van der Waals surface area contributed by atoms with Crippen LogP contribution in [0.2, 0.25) is 5.22 Å². The summed E-state index contributed by atoms with van der Waals surface area (Å²) in [6, 6.07) is 1.90. The van der Waals surface area contributed by atoms with E-state index in [4.69, 9.17) is 21.8 Å². The van der Waals surface area contributed by atoms with E-state index in [-0.39, 0.29) is 11.5 Å². The van der Waals surface area contributed by atoms with Crippen molar-refractivity contribution in [3.63, 3.8) is 0 Å². The Morgan fingerprint density at radius 3 is 3.00 bits per heavy atom. The molecule has 0 amide bonds. The molecule has 1 aromatic rings. The number of fused-ring (bicyclic) bond motifs is 1. The Kier molecular flexibility index (Phi) is 1.93. The fourth-order valence-electron chi connectivity index (χ4n) is 1.88. The minimum Gasteiger partial charge on any atom is -0.449 e. The molecule has 0 fully saturated rings. The van der Waals surface area contributed by atoms with E-state index in [9.17, 15) is 0 Å². The highest BCUT2D eigenvalue weighted by Gasteiger charge is 2.35. The summed E-state index contributed by atoms with van der Waals surface area (Å²) in [6.45, 7) is 4.36. The average molecular weight is 200 g/mol. The zero-order chi connectivity index (χ0) is 9.64. The van der Waals surface area contributed by atoms with Crippen LogP contribution in [0, 0.1) is 5.41 Å². The van der Waals surface area contributed by atoms with Gasteiger partial charge in [-0.1, -0.05) is 13.8 Å². The van der Waals surface area contributed by atoms with Crippen LogP contribution in [0.3, 0.4) is 0 Å². The van der Waals surface area contributed by atoms with Crippen LogP contribution in [-0.2, 0) is 6.42 Å². The fraction of sp³-hybridized carbons (Fsp3) is 0.600. The molecular weight excluding hydrogens is 186 g/mol. The normalized spacial score (nSPS) is 25.7. The van der Waals surface area contributed by atoms with Crippen molar-refractivity contribution in [3.05, 3.63) is 22.6 Å². The molecule has 72 valence electrons. The molecule has 0 aliphatic heterocycles. The molecule has 2 N–H and O–H groups in total. The molecule has 0 saturated heterocycles. The highest BCUT2D eigenvalue weighted by molar-refractivity contribution is 6.28. The molecule has 0 aromatic carbocycles. The number of aryl methyl sites for hydroxylation is 1. The molecule has 2 nitrogen and oxygen atoms in total. The molecule has 1 unspecified atom stereocenters. The van der Waals surface area contributed by atoms with Gasteiger partial charge in [0.1, 0.15) is 5.76 Å². The lowest BCUT2D eigenvalue weighted by atomic mass is 9.73. The third-order valence-electron chi connectivity index (χ3n) is 2.99. The van der Waals surface area contributed by atoms with E-state index in [1.54, 1.807) is 0 Å². The highest BCUT2D eigenvalue weighted by Crippen LogP contribution is 2.43. The first-order chi connectivity index (χ1) is 6.00. The topological polar surface area (TPSA) is 39.2 Å². The van der Waals surface area contributed by atoms with Crippen LogP contribution >= 0.6 is 11.6 Å². The van der Waals surface area contributed by atoms with E-state index in [1.165, 1.54) is 0 Å². The number of hydrogen-bond donors (Lipinski definition) is 1. The third kappa shape index (κ3) is 1.38. The number of hydrogen-bond acceptors (Lipinski definition) is 2. The second-order valence-corrected chi connectivity index (χ2v) is 4.77. The van der Waals surface area contributed by atoms with E-state index in [0.717, 1.165) is 24.2 Å². The molecule has 0 saturated carbocycles. The Morgan fingerprint density at radius 1 is 1.62 bits per heavy atom. The van der Waals surface area contributed by atoms with Crippen LogP contribution in [0.4, 0.5) is 0 Å². The van der Waals surface area contributed by atoms with Crippen molar-refractivity contribution in [1.29, 1.82) is 0 Å². The smallest absolute Gasteiger partial charge is 0.193 e. The van der Waals surface area contributed by atoms with Gasteiger partial charge in [0.2, 0.25) is 0 Å². The highest BCUT2D eigenvalue weighted by atomic mass is 35.5. The molecule has 1 aliphatic carbocycles. The van der Waals surface area contributed by atoms with Crippen molar-refractivity contribution in [2.75, 3.05) is 0 Å². The SMILES string of the molecule is CC1(C)CCc2oc(Cl)cc2C1N. The maximum absolute atomic E-state index is 6.12. The van der Waals surface area contributed by atoms with Crippen molar-refractivity contribution in [2.45, 2.75) is 32.7 Å². The largest absolute Gasteiger partial charge is 0.449 e. The Morgan fingerprint density at radius 2 is 2.31 bits per heavy atom. The maximum atomic E-state index is 6.12. The van der Waals surface area contributed by atoms with Gasteiger partial charge in [0.25, 0.3) is 0 Å². The predicted octanol–water partition coefficient (Wildman–Crippen LogP) is 2.91. The molecule has 1 aliphatic rings. The molecule has 13 heavy (non-hydrogen) atoms. The zero-order valence-electron chi connectivity index (χ0n) is 7.93. The number of halogens is 1. The van der Waals surface area contributed by atoms with Gasteiger partial charge in [0, 0.05) is 24.1 Å². The van der Waals surface area contributed by atoms with Crippen molar-refractivity contribution >= 4 is 11.6 Å². The van der Waals surface area contributed by atoms with Crippen LogP contribution < -0.4 is 5.73 Å². The van der Waals surface area contributed by atoms with Crippen molar-refractivity contribution in [3.8, 4) is 0 Å².